The van der Waals surface area contributed by atoms with Gasteiger partial charge in [-0.05, 0) is 36.6 Å². The van der Waals surface area contributed by atoms with Gasteiger partial charge in [0.25, 0.3) is 5.91 Å². The summed E-state index contributed by atoms with van der Waals surface area (Å²) in [5.41, 5.74) is 0.968. The first-order valence-corrected chi connectivity index (χ1v) is 9.35. The molecular weight excluding hydrogens is 342 g/mol. The van der Waals surface area contributed by atoms with Crippen LogP contribution in [0.5, 0.6) is 5.75 Å². The molecule has 1 amide bonds. The van der Waals surface area contributed by atoms with Crippen molar-refractivity contribution in [1.29, 1.82) is 0 Å². The van der Waals surface area contributed by atoms with E-state index in [1.165, 1.54) is 11.8 Å². The molecule has 130 valence electrons. The van der Waals surface area contributed by atoms with Crippen molar-refractivity contribution in [3.63, 3.8) is 0 Å². The van der Waals surface area contributed by atoms with E-state index in [4.69, 9.17) is 21.7 Å². The van der Waals surface area contributed by atoms with Crippen molar-refractivity contribution in [3.8, 4) is 5.75 Å². The minimum Gasteiger partial charge on any atom is -0.494 e. The van der Waals surface area contributed by atoms with Crippen LogP contribution in [-0.4, -0.2) is 42.0 Å². The Morgan fingerprint density at radius 2 is 1.96 bits per heavy atom. The summed E-state index contributed by atoms with van der Waals surface area (Å²) in [6.45, 7) is 4.09. The SMILES string of the molecule is CCCCOc1ccc(C=C2SC(=S)N(CCCOC)C2=O)cc1. The van der Waals surface area contributed by atoms with Crippen LogP contribution >= 0.6 is 24.0 Å². The fraction of sp³-hybridized carbons (Fsp3) is 0.444. The van der Waals surface area contributed by atoms with E-state index < -0.39 is 0 Å². The summed E-state index contributed by atoms with van der Waals surface area (Å²) in [6, 6.07) is 7.78. The zero-order valence-corrected chi connectivity index (χ0v) is 15.8. The number of hydrogen-bond acceptors (Lipinski definition) is 5. The molecule has 1 aromatic rings. The number of unbranched alkanes of at least 4 members (excludes halogenated alkanes) is 1. The van der Waals surface area contributed by atoms with E-state index in [-0.39, 0.29) is 5.91 Å². The van der Waals surface area contributed by atoms with Gasteiger partial charge in [0.05, 0.1) is 11.5 Å². The Labute approximate surface area is 153 Å². The molecule has 1 fully saturated rings. The number of thioether (sulfide) groups is 1. The van der Waals surface area contributed by atoms with E-state index in [9.17, 15) is 4.79 Å². The van der Waals surface area contributed by atoms with E-state index in [0.29, 0.717) is 22.4 Å². The number of benzene rings is 1. The predicted octanol–water partition coefficient (Wildman–Crippen LogP) is 4.10. The Bertz CT molecular complexity index is 599. The zero-order valence-electron chi connectivity index (χ0n) is 14.1. The van der Waals surface area contributed by atoms with Crippen molar-refractivity contribution in [2.75, 3.05) is 26.9 Å². The van der Waals surface area contributed by atoms with E-state index >= 15 is 0 Å². The molecule has 0 unspecified atom stereocenters. The van der Waals surface area contributed by atoms with Gasteiger partial charge in [0, 0.05) is 20.3 Å². The normalized spacial score (nSPS) is 16.2. The molecule has 0 N–H and O–H groups in total. The molecule has 0 bridgehead atoms. The lowest BCUT2D eigenvalue weighted by atomic mass is 10.2. The molecular formula is C18H23NO3S2. The van der Waals surface area contributed by atoms with Crippen LogP contribution in [0.3, 0.4) is 0 Å². The van der Waals surface area contributed by atoms with E-state index in [2.05, 4.69) is 6.92 Å². The van der Waals surface area contributed by atoms with Crippen LogP contribution in [0.2, 0.25) is 0 Å². The zero-order chi connectivity index (χ0) is 17.4. The van der Waals surface area contributed by atoms with Gasteiger partial charge in [-0.25, -0.2) is 0 Å². The summed E-state index contributed by atoms with van der Waals surface area (Å²) < 4.78 is 11.3. The smallest absolute Gasteiger partial charge is 0.266 e. The number of carbonyl (C=O) groups excluding carboxylic acids is 1. The van der Waals surface area contributed by atoms with Crippen molar-refractivity contribution in [2.24, 2.45) is 0 Å². The molecule has 0 atom stereocenters. The molecule has 1 saturated heterocycles. The Kier molecular flexibility index (Phi) is 7.75. The highest BCUT2D eigenvalue weighted by atomic mass is 32.2. The van der Waals surface area contributed by atoms with Crippen molar-refractivity contribution in [3.05, 3.63) is 34.7 Å². The number of nitrogens with zero attached hydrogens (tertiary/aromatic N) is 1. The number of ether oxygens (including phenoxy) is 2. The Hall–Kier alpha value is -1.37. The number of carbonyl (C=O) groups is 1. The van der Waals surface area contributed by atoms with Crippen molar-refractivity contribution in [1.82, 2.24) is 4.90 Å². The van der Waals surface area contributed by atoms with Gasteiger partial charge in [0.2, 0.25) is 0 Å². The predicted molar refractivity (Wildman–Crippen MR) is 103 cm³/mol. The second-order valence-electron chi connectivity index (χ2n) is 5.45. The third-order valence-electron chi connectivity index (χ3n) is 3.55. The summed E-state index contributed by atoms with van der Waals surface area (Å²) in [5.74, 6) is 0.831. The number of hydrogen-bond donors (Lipinski definition) is 0. The molecule has 0 aliphatic carbocycles. The Morgan fingerprint density at radius 1 is 1.21 bits per heavy atom. The molecule has 1 aromatic carbocycles. The van der Waals surface area contributed by atoms with Crippen LogP contribution in [0.15, 0.2) is 29.2 Å². The topological polar surface area (TPSA) is 38.8 Å². The molecule has 1 heterocycles. The molecule has 0 aromatic heterocycles. The molecule has 0 spiro atoms. The third-order valence-corrected chi connectivity index (χ3v) is 4.93. The maximum absolute atomic E-state index is 12.4. The highest BCUT2D eigenvalue weighted by Gasteiger charge is 2.31. The molecule has 6 heteroatoms. The molecule has 0 radical (unpaired) electrons. The number of amides is 1. The average Bonchev–Trinajstić information content (AvgIpc) is 2.84. The van der Waals surface area contributed by atoms with Gasteiger partial charge >= 0.3 is 0 Å². The number of rotatable bonds is 9. The van der Waals surface area contributed by atoms with Crippen LogP contribution in [0.4, 0.5) is 0 Å². The summed E-state index contributed by atoms with van der Waals surface area (Å²) in [6.07, 6.45) is 4.82. The molecule has 1 aliphatic rings. The minimum atomic E-state index is -0.0237. The van der Waals surface area contributed by atoms with Crippen LogP contribution in [-0.2, 0) is 9.53 Å². The fourth-order valence-corrected chi connectivity index (χ4v) is 3.51. The van der Waals surface area contributed by atoms with Gasteiger partial charge in [-0.3, -0.25) is 9.69 Å². The summed E-state index contributed by atoms with van der Waals surface area (Å²) in [4.78, 5) is 14.7. The third kappa shape index (κ3) is 5.33. The van der Waals surface area contributed by atoms with Gasteiger partial charge in [-0.1, -0.05) is 49.5 Å². The van der Waals surface area contributed by atoms with Gasteiger partial charge in [-0.2, -0.15) is 0 Å². The molecule has 0 saturated carbocycles. The summed E-state index contributed by atoms with van der Waals surface area (Å²) in [7, 11) is 1.65. The average molecular weight is 366 g/mol. The molecule has 1 aliphatic heterocycles. The second-order valence-corrected chi connectivity index (χ2v) is 7.13. The highest BCUT2D eigenvalue weighted by Crippen LogP contribution is 2.32. The lowest BCUT2D eigenvalue weighted by Gasteiger charge is -2.13. The van der Waals surface area contributed by atoms with Crippen molar-refractivity contribution < 1.29 is 14.3 Å². The van der Waals surface area contributed by atoms with Crippen molar-refractivity contribution >= 4 is 40.3 Å². The Morgan fingerprint density at radius 3 is 2.62 bits per heavy atom. The van der Waals surface area contributed by atoms with E-state index in [1.807, 2.05) is 30.3 Å². The largest absolute Gasteiger partial charge is 0.494 e. The van der Waals surface area contributed by atoms with Gasteiger partial charge in [-0.15, -0.1) is 0 Å². The van der Waals surface area contributed by atoms with E-state index in [1.54, 1.807) is 12.0 Å². The van der Waals surface area contributed by atoms with Crippen LogP contribution < -0.4 is 4.74 Å². The first kappa shape index (κ1) is 19.0. The van der Waals surface area contributed by atoms with Gasteiger partial charge < -0.3 is 9.47 Å². The van der Waals surface area contributed by atoms with Crippen molar-refractivity contribution in [2.45, 2.75) is 26.2 Å². The first-order chi connectivity index (χ1) is 11.7. The first-order valence-electron chi connectivity index (χ1n) is 8.13. The molecule has 24 heavy (non-hydrogen) atoms. The summed E-state index contributed by atoms with van der Waals surface area (Å²) >= 11 is 6.66. The van der Waals surface area contributed by atoms with E-state index in [0.717, 1.165) is 37.2 Å². The van der Waals surface area contributed by atoms with Gasteiger partial charge in [0.1, 0.15) is 10.1 Å². The van der Waals surface area contributed by atoms with Crippen LogP contribution in [0, 0.1) is 0 Å². The van der Waals surface area contributed by atoms with Crippen LogP contribution in [0.25, 0.3) is 6.08 Å². The minimum absolute atomic E-state index is 0.0237. The standard InChI is InChI=1S/C18H23NO3S2/c1-3-4-12-22-15-8-6-14(7-9-15)13-16-17(20)19(18(23)24-16)10-5-11-21-2/h6-9,13H,3-5,10-12H2,1-2H3. The van der Waals surface area contributed by atoms with Gasteiger partial charge in [0.15, 0.2) is 0 Å². The lowest BCUT2D eigenvalue weighted by molar-refractivity contribution is -0.122. The molecule has 2 rings (SSSR count). The Balaban J connectivity index is 1.98. The number of methoxy groups -OCH3 is 1. The lowest BCUT2D eigenvalue weighted by Crippen LogP contribution is -2.29. The monoisotopic (exact) mass is 365 g/mol. The fourth-order valence-electron chi connectivity index (χ4n) is 2.21. The highest BCUT2D eigenvalue weighted by molar-refractivity contribution is 8.26. The second kappa shape index (κ2) is 9.81. The van der Waals surface area contributed by atoms with Crippen LogP contribution in [0.1, 0.15) is 31.7 Å². The maximum atomic E-state index is 12.4. The summed E-state index contributed by atoms with van der Waals surface area (Å²) in [5, 5.41) is 0. The quantitative estimate of drug-likeness (QED) is 0.374. The number of thiocarbonyl (C=S) groups is 1. The maximum Gasteiger partial charge on any atom is 0.266 e. The molecule has 4 nitrogen and oxygen atoms in total.